The summed E-state index contributed by atoms with van der Waals surface area (Å²) in [6.45, 7) is 11.5. The Hall–Kier alpha value is -1.29. The van der Waals surface area contributed by atoms with Crippen LogP contribution in [0, 0.1) is 0 Å². The smallest absolute Gasteiger partial charge is 0.203 e. The van der Waals surface area contributed by atoms with E-state index in [1.165, 1.54) is 0 Å². The van der Waals surface area contributed by atoms with Crippen molar-refractivity contribution in [1.82, 2.24) is 0 Å². The number of carbonyl (C=O) groups excluding carboxylic acids is 1. The van der Waals surface area contributed by atoms with E-state index in [0.717, 1.165) is 16.7 Å². The average Bonchev–Trinajstić information content (AvgIpc) is 3.25. The van der Waals surface area contributed by atoms with E-state index in [2.05, 4.69) is 56.5 Å². The Balaban J connectivity index is 1.85. The summed E-state index contributed by atoms with van der Waals surface area (Å²) in [7, 11) is 1.07. The number of hydrogen-bond acceptors (Lipinski definition) is 5. The van der Waals surface area contributed by atoms with Gasteiger partial charge in [-0.25, -0.2) is 0 Å². The van der Waals surface area contributed by atoms with Crippen molar-refractivity contribution in [2.24, 2.45) is 0 Å². The number of fused-ring (bicyclic) bond motifs is 2. The molecule has 8 heteroatoms. The molecule has 5 nitrogen and oxygen atoms in total. The van der Waals surface area contributed by atoms with E-state index in [1.54, 1.807) is 14.2 Å². The fourth-order valence-electron chi connectivity index (χ4n) is 5.24. The maximum atomic E-state index is 13.3. The summed E-state index contributed by atoms with van der Waals surface area (Å²) in [5.41, 5.74) is 2.33. The van der Waals surface area contributed by atoms with Gasteiger partial charge in [0.2, 0.25) is 5.75 Å². The largest absolute Gasteiger partial charge is 0.492 e. The Morgan fingerprint density at radius 1 is 1.08 bits per heavy atom. The minimum absolute atomic E-state index is 0.00535. The van der Waals surface area contributed by atoms with Crippen LogP contribution in [0.4, 0.5) is 0 Å². The predicted molar refractivity (Wildman–Crippen MR) is 155 cm³/mol. The van der Waals surface area contributed by atoms with Crippen LogP contribution in [0.3, 0.4) is 0 Å². The van der Waals surface area contributed by atoms with Gasteiger partial charge in [0.15, 0.2) is 19.8 Å². The lowest BCUT2D eigenvalue weighted by Crippen LogP contribution is -2.53. The van der Waals surface area contributed by atoms with E-state index in [1.807, 2.05) is 36.4 Å². The quantitative estimate of drug-likeness (QED) is 0.188. The molecule has 0 unspecified atom stereocenters. The molecule has 0 bridgehead atoms. The topological polar surface area (TPSA) is 54.0 Å². The van der Waals surface area contributed by atoms with Gasteiger partial charge in [-0.05, 0) is 41.7 Å². The zero-order valence-corrected chi connectivity index (χ0v) is 26.0. The lowest BCUT2D eigenvalue weighted by atomic mass is 9.77. The van der Waals surface area contributed by atoms with Gasteiger partial charge in [-0.2, -0.15) is 0 Å². The molecule has 0 heterocycles. The number of methoxy groups -OCH3 is 2. The van der Waals surface area contributed by atoms with E-state index in [4.69, 9.17) is 30.2 Å². The van der Waals surface area contributed by atoms with Gasteiger partial charge in [0.1, 0.15) is 12.4 Å². The second-order valence-electron chi connectivity index (χ2n) is 11.2. The first-order valence-electron chi connectivity index (χ1n) is 12.3. The SMILES string of the molecule is COc1c(OCc2ccccc2)cc2c(c1OC)C[C@H](Cl)[C@]21[C@@H](O[Si](C)(C)C(C)(C)C)CC(=O)[C@H]1I. The number of ketones is 1. The number of carbonyl (C=O) groups is 1. The zero-order valence-electron chi connectivity index (χ0n) is 22.1. The molecule has 4 rings (SSSR count). The molecule has 0 saturated heterocycles. The molecule has 1 fully saturated rings. The van der Waals surface area contributed by atoms with Crippen molar-refractivity contribution < 1.29 is 23.4 Å². The van der Waals surface area contributed by atoms with Crippen molar-refractivity contribution in [1.29, 1.82) is 0 Å². The Morgan fingerprint density at radius 3 is 2.31 bits per heavy atom. The third kappa shape index (κ3) is 4.48. The summed E-state index contributed by atoms with van der Waals surface area (Å²) >= 11 is 9.51. The van der Waals surface area contributed by atoms with Gasteiger partial charge in [0, 0.05) is 12.0 Å². The Morgan fingerprint density at radius 2 is 1.72 bits per heavy atom. The summed E-state index contributed by atoms with van der Waals surface area (Å²) < 4.78 is 24.7. The molecule has 0 aliphatic heterocycles. The molecular formula is C28H36ClIO5Si. The van der Waals surface area contributed by atoms with E-state index >= 15 is 0 Å². The molecule has 0 radical (unpaired) electrons. The Bertz CT molecular complexity index is 1130. The normalized spacial score (nSPS) is 25.8. The lowest BCUT2D eigenvalue weighted by molar-refractivity contribution is -0.117. The Labute approximate surface area is 234 Å². The van der Waals surface area contributed by atoms with Gasteiger partial charge in [-0.3, -0.25) is 4.79 Å². The van der Waals surface area contributed by atoms with Crippen molar-refractivity contribution in [2.45, 2.75) is 79.2 Å². The van der Waals surface area contributed by atoms with Crippen molar-refractivity contribution in [2.75, 3.05) is 14.2 Å². The minimum Gasteiger partial charge on any atom is -0.492 e. The van der Waals surface area contributed by atoms with Crippen LogP contribution >= 0.6 is 34.2 Å². The molecule has 4 atom stereocenters. The van der Waals surface area contributed by atoms with Gasteiger partial charge >= 0.3 is 0 Å². The molecular weight excluding hydrogens is 607 g/mol. The maximum Gasteiger partial charge on any atom is 0.203 e. The van der Waals surface area contributed by atoms with Crippen LogP contribution in [-0.4, -0.2) is 43.7 Å². The summed E-state index contributed by atoms with van der Waals surface area (Å²) in [6, 6.07) is 12.0. The first-order valence-corrected chi connectivity index (χ1v) is 16.9. The fraction of sp³-hybridized carbons (Fsp3) is 0.536. The lowest BCUT2D eigenvalue weighted by Gasteiger charge is -2.45. The first kappa shape index (κ1) is 27.7. The van der Waals surface area contributed by atoms with Gasteiger partial charge in [-0.15, -0.1) is 11.6 Å². The third-order valence-corrected chi connectivity index (χ3v) is 14.9. The number of rotatable bonds is 7. The molecule has 2 aromatic rings. The van der Waals surface area contributed by atoms with Crippen molar-refractivity contribution in [3.05, 3.63) is 53.1 Å². The van der Waals surface area contributed by atoms with Gasteiger partial charge < -0.3 is 18.6 Å². The van der Waals surface area contributed by atoms with Crippen LogP contribution in [0.2, 0.25) is 18.1 Å². The van der Waals surface area contributed by atoms with Crippen LogP contribution in [0.1, 0.15) is 43.9 Å². The van der Waals surface area contributed by atoms with Crippen molar-refractivity contribution in [3.63, 3.8) is 0 Å². The predicted octanol–water partition coefficient (Wildman–Crippen LogP) is 6.85. The van der Waals surface area contributed by atoms with Crippen molar-refractivity contribution >= 4 is 48.3 Å². The zero-order chi connectivity index (χ0) is 26.5. The molecule has 0 aromatic heterocycles. The highest BCUT2D eigenvalue weighted by molar-refractivity contribution is 14.1. The molecule has 1 spiro atoms. The van der Waals surface area contributed by atoms with Gasteiger partial charge in [0.05, 0.1) is 35.0 Å². The number of hydrogen-bond donors (Lipinski definition) is 0. The minimum atomic E-state index is -2.19. The molecule has 2 aliphatic rings. The number of benzene rings is 2. The van der Waals surface area contributed by atoms with Crippen molar-refractivity contribution in [3.8, 4) is 17.2 Å². The molecule has 0 N–H and O–H groups in total. The summed E-state index contributed by atoms with van der Waals surface area (Å²) in [6.07, 6.45) is 0.619. The maximum absolute atomic E-state index is 13.3. The van der Waals surface area contributed by atoms with Gasteiger partial charge in [-0.1, -0.05) is 73.7 Å². The van der Waals surface area contributed by atoms with Crippen LogP contribution in [0.25, 0.3) is 0 Å². The molecule has 196 valence electrons. The number of ether oxygens (including phenoxy) is 3. The highest BCUT2D eigenvalue weighted by Crippen LogP contribution is 2.60. The third-order valence-electron chi connectivity index (χ3n) is 8.18. The van der Waals surface area contributed by atoms with Crippen LogP contribution in [0.5, 0.6) is 17.2 Å². The highest BCUT2D eigenvalue weighted by atomic mass is 127. The van der Waals surface area contributed by atoms with E-state index < -0.39 is 13.7 Å². The monoisotopic (exact) mass is 642 g/mol. The number of halogens is 2. The first-order chi connectivity index (χ1) is 16.9. The standard InChI is InChI=1S/C28H36ClIO5Si/c1-27(2,3)36(6,7)35-23-15-20(31)26(30)28(23)19-14-21(34-16-17-11-9-8-10-12-17)25(33-5)24(32-4)18(19)13-22(28)29/h8-12,14,22-23,26H,13,15-16H2,1-7H3/t22-,23-,26+,28-/m0/s1. The van der Waals surface area contributed by atoms with Gasteiger partial charge in [0.25, 0.3) is 0 Å². The number of alkyl halides is 2. The van der Waals surface area contributed by atoms with Crippen LogP contribution < -0.4 is 14.2 Å². The summed E-state index contributed by atoms with van der Waals surface area (Å²) in [5, 5.41) is -0.315. The molecule has 1 saturated carbocycles. The molecule has 2 aromatic carbocycles. The second-order valence-corrected chi connectivity index (χ2v) is 17.8. The summed E-state index contributed by atoms with van der Waals surface area (Å²) in [5.74, 6) is 1.93. The average molecular weight is 643 g/mol. The van der Waals surface area contributed by atoms with Crippen LogP contribution in [-0.2, 0) is 27.7 Å². The molecule has 36 heavy (non-hydrogen) atoms. The number of Topliss-reactive ketones (excluding diaryl/α,β-unsaturated/α-hetero) is 1. The highest BCUT2D eigenvalue weighted by Gasteiger charge is 2.64. The van der Waals surface area contributed by atoms with E-state index in [-0.39, 0.29) is 26.2 Å². The molecule has 0 amide bonds. The van der Waals surface area contributed by atoms with Crippen LogP contribution in [0.15, 0.2) is 36.4 Å². The second kappa shape index (κ2) is 10.1. The van der Waals surface area contributed by atoms with E-state index in [0.29, 0.717) is 36.7 Å². The van der Waals surface area contributed by atoms with E-state index in [9.17, 15) is 4.79 Å². The fourth-order valence-corrected chi connectivity index (χ4v) is 8.76. The summed E-state index contributed by atoms with van der Waals surface area (Å²) in [4.78, 5) is 13.3. The molecule has 2 aliphatic carbocycles. The Kier molecular flexibility index (Phi) is 7.79.